The van der Waals surface area contributed by atoms with Crippen molar-refractivity contribution < 1.29 is 14.7 Å². The van der Waals surface area contributed by atoms with Gasteiger partial charge in [0.25, 0.3) is 0 Å². The van der Waals surface area contributed by atoms with E-state index < -0.39 is 17.0 Å². The number of carboxylic acid groups (broad SMARTS) is 1. The molecule has 0 aliphatic heterocycles. The largest absolute Gasteiger partial charge is 0.465 e. The summed E-state index contributed by atoms with van der Waals surface area (Å²) in [5.41, 5.74) is 0.733. The highest BCUT2D eigenvalue weighted by Gasteiger charge is 2.31. The van der Waals surface area contributed by atoms with Crippen LogP contribution in [0.2, 0.25) is 5.02 Å². The van der Waals surface area contributed by atoms with Gasteiger partial charge >= 0.3 is 6.09 Å². The summed E-state index contributed by atoms with van der Waals surface area (Å²) in [5.74, 6) is -0.0886. The summed E-state index contributed by atoms with van der Waals surface area (Å²) < 4.78 is 0. The Morgan fingerprint density at radius 2 is 1.69 bits per heavy atom. The third kappa shape index (κ3) is 4.82. The van der Waals surface area contributed by atoms with Gasteiger partial charge < -0.3 is 10.4 Å². The molecule has 1 aromatic heterocycles. The van der Waals surface area contributed by atoms with Crippen LogP contribution in [0.1, 0.15) is 49.3 Å². The van der Waals surface area contributed by atoms with Crippen LogP contribution in [0.5, 0.6) is 0 Å². The molecule has 0 unspecified atom stereocenters. The van der Waals surface area contributed by atoms with Crippen LogP contribution in [-0.4, -0.2) is 27.5 Å². The molecule has 1 amide bonds. The van der Waals surface area contributed by atoms with Gasteiger partial charge in [0.15, 0.2) is 5.78 Å². The zero-order valence-corrected chi connectivity index (χ0v) is 16.1. The van der Waals surface area contributed by atoms with Crippen LogP contribution in [-0.2, 0) is 11.8 Å². The maximum Gasteiger partial charge on any atom is 0.405 e. The van der Waals surface area contributed by atoms with Gasteiger partial charge in [-0.05, 0) is 63.4 Å². The number of nitrogens with zero attached hydrogens (tertiary/aromatic N) is 1. The summed E-state index contributed by atoms with van der Waals surface area (Å²) in [6.45, 7) is 7.30. The number of Topliss-reactive ketones (excluding diaryl/α,β-unsaturated/α-hetero) is 1. The third-order valence-corrected chi connectivity index (χ3v) is 4.53. The number of rotatable bonds is 6. The summed E-state index contributed by atoms with van der Waals surface area (Å²) in [6, 6.07) is 10.7. The maximum absolute atomic E-state index is 12.9. The number of benzene rings is 1. The van der Waals surface area contributed by atoms with E-state index in [2.05, 4.69) is 10.3 Å². The number of hydrogen-bond donors (Lipinski definition) is 2. The molecule has 0 saturated carbocycles. The molecule has 0 saturated heterocycles. The average Bonchev–Trinajstić information content (AvgIpc) is 2.53. The highest BCUT2D eigenvalue weighted by Crippen LogP contribution is 2.28. The maximum atomic E-state index is 12.9. The number of carbonyl (C=O) groups excluding carboxylic acids is 1. The second kappa shape index (κ2) is 7.46. The van der Waals surface area contributed by atoms with Crippen molar-refractivity contribution in [2.24, 2.45) is 0 Å². The minimum atomic E-state index is -1.07. The average molecular weight is 375 g/mol. The molecular weight excluding hydrogens is 352 g/mol. The Morgan fingerprint density at radius 1 is 1.08 bits per heavy atom. The Kier molecular flexibility index (Phi) is 5.71. The van der Waals surface area contributed by atoms with E-state index in [-0.39, 0.29) is 5.78 Å². The highest BCUT2D eigenvalue weighted by atomic mass is 35.5. The lowest BCUT2D eigenvalue weighted by molar-refractivity contribution is 0.0903. The van der Waals surface area contributed by atoms with Crippen molar-refractivity contribution in [1.29, 1.82) is 0 Å². The van der Waals surface area contributed by atoms with E-state index >= 15 is 0 Å². The quantitative estimate of drug-likeness (QED) is 0.730. The Labute approximate surface area is 158 Å². The molecule has 0 spiro atoms. The van der Waals surface area contributed by atoms with Crippen molar-refractivity contribution in [3.8, 4) is 0 Å². The zero-order chi connectivity index (χ0) is 19.5. The van der Waals surface area contributed by atoms with Crippen molar-refractivity contribution in [3.63, 3.8) is 0 Å². The molecule has 1 heterocycles. The molecule has 2 rings (SSSR count). The number of pyridine rings is 1. The smallest absolute Gasteiger partial charge is 0.405 e. The summed E-state index contributed by atoms with van der Waals surface area (Å²) in [7, 11) is 0. The van der Waals surface area contributed by atoms with Gasteiger partial charge in [0, 0.05) is 16.8 Å². The Hall–Kier alpha value is -2.40. The van der Waals surface area contributed by atoms with Gasteiger partial charge in [-0.25, -0.2) is 4.79 Å². The van der Waals surface area contributed by atoms with E-state index in [1.165, 1.54) is 0 Å². The van der Waals surface area contributed by atoms with Crippen molar-refractivity contribution in [3.05, 3.63) is 64.4 Å². The fourth-order valence-corrected chi connectivity index (χ4v) is 2.95. The number of amides is 1. The van der Waals surface area contributed by atoms with E-state index in [0.29, 0.717) is 17.1 Å². The topological polar surface area (TPSA) is 79.3 Å². The molecule has 0 bridgehead atoms. The van der Waals surface area contributed by atoms with E-state index in [4.69, 9.17) is 16.7 Å². The zero-order valence-electron chi connectivity index (χ0n) is 15.3. The van der Waals surface area contributed by atoms with Crippen molar-refractivity contribution >= 4 is 23.5 Å². The molecule has 6 heteroatoms. The van der Waals surface area contributed by atoms with Crippen molar-refractivity contribution in [2.45, 2.75) is 45.1 Å². The van der Waals surface area contributed by atoms with E-state index in [1.54, 1.807) is 38.2 Å². The van der Waals surface area contributed by atoms with Gasteiger partial charge in [-0.3, -0.25) is 9.78 Å². The molecule has 26 heavy (non-hydrogen) atoms. The number of halogens is 1. The molecule has 2 N–H and O–H groups in total. The number of hydrogen-bond acceptors (Lipinski definition) is 3. The van der Waals surface area contributed by atoms with Gasteiger partial charge in [-0.15, -0.1) is 0 Å². The summed E-state index contributed by atoms with van der Waals surface area (Å²) in [4.78, 5) is 28.0. The van der Waals surface area contributed by atoms with Gasteiger partial charge in [0.1, 0.15) is 5.69 Å². The Balaban J connectivity index is 2.18. The third-order valence-electron chi connectivity index (χ3n) is 4.28. The Morgan fingerprint density at radius 3 is 2.19 bits per heavy atom. The predicted octanol–water partition coefficient (Wildman–Crippen LogP) is 4.48. The molecule has 0 aliphatic carbocycles. The van der Waals surface area contributed by atoms with Crippen LogP contribution in [0.4, 0.5) is 4.79 Å². The normalized spacial score (nSPS) is 11.9. The van der Waals surface area contributed by atoms with Gasteiger partial charge in [0.2, 0.25) is 0 Å². The minimum Gasteiger partial charge on any atom is -0.465 e. The fourth-order valence-electron chi connectivity index (χ4n) is 2.83. The summed E-state index contributed by atoms with van der Waals surface area (Å²) >= 11 is 5.92. The van der Waals surface area contributed by atoms with E-state index in [9.17, 15) is 9.59 Å². The molecule has 2 aromatic rings. The number of carbonyl (C=O) groups is 2. The lowest BCUT2D eigenvalue weighted by Crippen LogP contribution is -2.44. The van der Waals surface area contributed by atoms with Crippen LogP contribution in [0.15, 0.2) is 42.6 Å². The number of ketones is 1. The molecule has 5 nitrogen and oxygen atoms in total. The molecular formula is C20H23ClN2O3. The first-order chi connectivity index (χ1) is 12.0. The molecule has 0 fully saturated rings. The van der Waals surface area contributed by atoms with Gasteiger partial charge in [-0.2, -0.15) is 0 Å². The van der Waals surface area contributed by atoms with E-state index in [1.807, 2.05) is 32.0 Å². The lowest BCUT2D eigenvalue weighted by Gasteiger charge is -2.25. The summed E-state index contributed by atoms with van der Waals surface area (Å²) in [6.07, 6.45) is 1.03. The minimum absolute atomic E-state index is 0.0886. The predicted molar refractivity (Wildman–Crippen MR) is 102 cm³/mol. The first kappa shape index (κ1) is 19.9. The second-order valence-corrected chi connectivity index (χ2v) is 7.94. The van der Waals surface area contributed by atoms with Crippen LogP contribution < -0.4 is 5.32 Å². The van der Waals surface area contributed by atoms with Crippen LogP contribution in [0, 0.1) is 0 Å². The molecule has 0 radical (unpaired) electrons. The van der Waals surface area contributed by atoms with E-state index in [0.717, 1.165) is 11.1 Å². The molecule has 0 atom stereocenters. The number of nitrogens with one attached hydrogen (secondary N) is 1. The standard InChI is InChI=1S/C20H23ClN2O3/c1-19(2,23-18(25)26)11-13-5-10-16(22-12-13)17(24)20(3,4)14-6-8-15(21)9-7-14/h5-10,12,23H,11H2,1-4H3,(H,25,26). The first-order valence-corrected chi connectivity index (χ1v) is 8.66. The fraction of sp³-hybridized carbons (Fsp3) is 0.350. The van der Waals surface area contributed by atoms with Crippen LogP contribution in [0.25, 0.3) is 0 Å². The van der Waals surface area contributed by atoms with Crippen LogP contribution in [0.3, 0.4) is 0 Å². The monoisotopic (exact) mass is 374 g/mol. The Bertz CT molecular complexity index is 797. The van der Waals surface area contributed by atoms with Gasteiger partial charge in [-0.1, -0.05) is 29.8 Å². The number of aromatic nitrogens is 1. The van der Waals surface area contributed by atoms with Crippen molar-refractivity contribution in [1.82, 2.24) is 10.3 Å². The first-order valence-electron chi connectivity index (χ1n) is 8.28. The SMILES string of the molecule is CC(C)(Cc1ccc(C(=O)C(C)(C)c2ccc(Cl)cc2)nc1)NC(=O)O. The highest BCUT2D eigenvalue weighted by molar-refractivity contribution is 6.30. The van der Waals surface area contributed by atoms with Gasteiger partial charge in [0.05, 0.1) is 5.41 Å². The second-order valence-electron chi connectivity index (χ2n) is 7.50. The molecule has 1 aromatic carbocycles. The molecule has 0 aliphatic rings. The molecule has 138 valence electrons. The van der Waals surface area contributed by atoms with Crippen LogP contribution >= 0.6 is 11.6 Å². The summed E-state index contributed by atoms with van der Waals surface area (Å²) in [5, 5.41) is 12.0. The lowest BCUT2D eigenvalue weighted by atomic mass is 9.79. The van der Waals surface area contributed by atoms with Crippen molar-refractivity contribution in [2.75, 3.05) is 0 Å².